The van der Waals surface area contributed by atoms with Crippen LogP contribution < -0.4 is 0 Å². The van der Waals surface area contributed by atoms with Crippen molar-refractivity contribution in [2.24, 2.45) is 46.3 Å². The van der Waals surface area contributed by atoms with E-state index in [0.29, 0.717) is 12.8 Å². The fourth-order valence-corrected chi connectivity index (χ4v) is 8.68. The summed E-state index contributed by atoms with van der Waals surface area (Å²) in [4.78, 5) is 11.6. The Labute approximate surface area is 183 Å². The van der Waals surface area contributed by atoms with Crippen LogP contribution in [-0.2, 0) is 9.53 Å². The fraction of sp³-hybridized carbons (Fsp3) is 0.960. The second kappa shape index (κ2) is 7.62. The summed E-state index contributed by atoms with van der Waals surface area (Å²) in [6.45, 7) is 5.84. The molecule has 4 aliphatic carbocycles. The number of esters is 1. The monoisotopic (exact) mass is 446 g/mol. The molecule has 2 nitrogen and oxygen atoms in total. The first kappa shape index (κ1) is 23.4. The van der Waals surface area contributed by atoms with E-state index in [2.05, 4.69) is 0 Å². The van der Waals surface area contributed by atoms with Gasteiger partial charge in [-0.3, -0.25) is 4.79 Å². The first-order valence-corrected chi connectivity index (χ1v) is 12.2. The molecule has 0 aliphatic heterocycles. The van der Waals surface area contributed by atoms with Gasteiger partial charge < -0.3 is 4.74 Å². The first-order valence-electron chi connectivity index (χ1n) is 12.2. The van der Waals surface area contributed by atoms with Crippen LogP contribution in [0.2, 0.25) is 0 Å². The van der Waals surface area contributed by atoms with Gasteiger partial charge in [0, 0.05) is 31.1 Å². The number of hydrogen-bond donors (Lipinski definition) is 0. The quantitative estimate of drug-likeness (QED) is 0.340. The summed E-state index contributed by atoms with van der Waals surface area (Å²) in [5, 5.41) is 0. The Morgan fingerprint density at radius 1 is 1.00 bits per heavy atom. The van der Waals surface area contributed by atoms with Gasteiger partial charge in [-0.1, -0.05) is 20.8 Å². The molecule has 4 fully saturated rings. The molecule has 0 radical (unpaired) electrons. The SMILES string of the molecule is COC(=O)CC[C@@H](C)C1CC[C@H]2[C@@H]3CC[C@@H]4CC(F)(F)CCC4(C)[C@H]3CC(F)(F)[C@]12C. The lowest BCUT2D eigenvalue weighted by atomic mass is 9.43. The van der Waals surface area contributed by atoms with E-state index in [1.807, 2.05) is 13.8 Å². The standard InChI is InChI=1S/C25H38F4O2/c1-15(5-10-21(30)31-4)18-8-9-19-17-7-6-16-13-24(26,27)12-11-22(16,2)20(17)14-25(28,29)23(18,19)3/h15-20H,5-14H2,1-4H3/t15-,16-,17+,18?,19+,20+,22?,23-/m1/s1. The average Bonchev–Trinajstić information content (AvgIpc) is 3.06. The molecule has 0 heterocycles. The number of carbonyl (C=O) groups excluding carboxylic acids is 1. The molecule has 0 aromatic rings. The van der Waals surface area contributed by atoms with Crippen molar-refractivity contribution in [3.05, 3.63) is 0 Å². The van der Waals surface area contributed by atoms with E-state index < -0.39 is 22.7 Å². The third-order valence-electron chi connectivity index (χ3n) is 10.5. The summed E-state index contributed by atoms with van der Waals surface area (Å²) in [6, 6.07) is 0. The number of methoxy groups -OCH3 is 1. The summed E-state index contributed by atoms with van der Waals surface area (Å²) < 4.78 is 65.0. The van der Waals surface area contributed by atoms with Gasteiger partial charge in [-0.2, -0.15) is 0 Å². The number of halogens is 4. The molecule has 0 amide bonds. The highest BCUT2D eigenvalue weighted by Gasteiger charge is 2.71. The van der Waals surface area contributed by atoms with Gasteiger partial charge in [-0.25, -0.2) is 17.6 Å². The third kappa shape index (κ3) is 3.53. The van der Waals surface area contributed by atoms with Gasteiger partial charge in [0.2, 0.25) is 5.92 Å². The zero-order valence-electron chi connectivity index (χ0n) is 19.4. The maximum atomic E-state index is 16.0. The molecule has 0 aromatic heterocycles. The van der Waals surface area contributed by atoms with E-state index in [1.165, 1.54) is 7.11 Å². The normalized spacial score (nSPS) is 46.4. The number of fused-ring (bicyclic) bond motifs is 5. The van der Waals surface area contributed by atoms with Crippen LogP contribution in [0.1, 0.15) is 85.0 Å². The van der Waals surface area contributed by atoms with Crippen LogP contribution in [0.3, 0.4) is 0 Å². The molecule has 31 heavy (non-hydrogen) atoms. The first-order chi connectivity index (χ1) is 14.4. The van der Waals surface area contributed by atoms with E-state index in [-0.39, 0.29) is 67.2 Å². The molecule has 6 heteroatoms. The van der Waals surface area contributed by atoms with Gasteiger partial charge in [0.25, 0.3) is 5.92 Å². The van der Waals surface area contributed by atoms with Gasteiger partial charge >= 0.3 is 5.97 Å². The predicted molar refractivity (Wildman–Crippen MR) is 111 cm³/mol. The second-order valence-electron chi connectivity index (χ2n) is 11.7. The number of alkyl halides is 4. The summed E-state index contributed by atoms with van der Waals surface area (Å²) in [5.74, 6) is -6.02. The second-order valence-corrected chi connectivity index (χ2v) is 11.7. The maximum absolute atomic E-state index is 16.0. The molecule has 0 spiro atoms. The number of ether oxygens (including phenoxy) is 1. The Morgan fingerprint density at radius 3 is 2.39 bits per heavy atom. The smallest absolute Gasteiger partial charge is 0.305 e. The van der Waals surface area contributed by atoms with Crippen molar-refractivity contribution in [1.29, 1.82) is 0 Å². The molecule has 2 unspecified atom stereocenters. The van der Waals surface area contributed by atoms with E-state index in [4.69, 9.17) is 4.74 Å². The summed E-state index contributed by atoms with van der Waals surface area (Å²) in [5.41, 5.74) is -1.48. The van der Waals surface area contributed by atoms with E-state index in [9.17, 15) is 13.6 Å². The van der Waals surface area contributed by atoms with E-state index in [0.717, 1.165) is 25.7 Å². The van der Waals surface area contributed by atoms with Gasteiger partial charge in [0.15, 0.2) is 0 Å². The van der Waals surface area contributed by atoms with Crippen LogP contribution in [0, 0.1) is 46.3 Å². The largest absolute Gasteiger partial charge is 0.469 e. The highest BCUT2D eigenvalue weighted by molar-refractivity contribution is 5.69. The molecule has 0 bridgehead atoms. The molecule has 4 saturated carbocycles. The lowest BCUT2D eigenvalue weighted by molar-refractivity contribution is -0.252. The third-order valence-corrected chi connectivity index (χ3v) is 10.5. The molecule has 8 atom stereocenters. The van der Waals surface area contributed by atoms with Gasteiger partial charge in [0.05, 0.1) is 7.11 Å². The summed E-state index contributed by atoms with van der Waals surface area (Å²) in [6.07, 6.45) is 3.84. The minimum absolute atomic E-state index is 0.0248. The van der Waals surface area contributed by atoms with Crippen molar-refractivity contribution >= 4 is 5.97 Å². The predicted octanol–water partition coefficient (Wildman–Crippen LogP) is 7.12. The van der Waals surface area contributed by atoms with Gasteiger partial charge in [0.1, 0.15) is 0 Å². The summed E-state index contributed by atoms with van der Waals surface area (Å²) >= 11 is 0. The van der Waals surface area contributed by atoms with Crippen LogP contribution in [0.15, 0.2) is 0 Å². The van der Waals surface area contributed by atoms with Crippen molar-refractivity contribution in [3.8, 4) is 0 Å². The lowest BCUT2D eigenvalue weighted by Crippen LogP contribution is -2.61. The number of hydrogen-bond acceptors (Lipinski definition) is 2. The zero-order valence-corrected chi connectivity index (χ0v) is 19.4. The highest BCUT2D eigenvalue weighted by atomic mass is 19.3. The van der Waals surface area contributed by atoms with Crippen LogP contribution in [0.4, 0.5) is 17.6 Å². The fourth-order valence-electron chi connectivity index (χ4n) is 8.68. The van der Waals surface area contributed by atoms with Crippen LogP contribution in [0.25, 0.3) is 0 Å². The molecule has 4 aliphatic rings. The van der Waals surface area contributed by atoms with E-state index in [1.54, 1.807) is 6.92 Å². The molecule has 4 rings (SSSR count). The average molecular weight is 447 g/mol. The number of rotatable bonds is 4. The van der Waals surface area contributed by atoms with Crippen LogP contribution >= 0.6 is 0 Å². The van der Waals surface area contributed by atoms with Gasteiger partial charge in [-0.15, -0.1) is 0 Å². The molecule has 0 N–H and O–H groups in total. The van der Waals surface area contributed by atoms with Crippen molar-refractivity contribution in [1.82, 2.24) is 0 Å². The van der Waals surface area contributed by atoms with Crippen LogP contribution in [-0.4, -0.2) is 24.9 Å². The van der Waals surface area contributed by atoms with Crippen molar-refractivity contribution < 1.29 is 27.1 Å². The van der Waals surface area contributed by atoms with Crippen LogP contribution in [0.5, 0.6) is 0 Å². The minimum atomic E-state index is -2.82. The van der Waals surface area contributed by atoms with Crippen molar-refractivity contribution in [2.45, 2.75) is 96.8 Å². The van der Waals surface area contributed by atoms with Crippen molar-refractivity contribution in [2.75, 3.05) is 7.11 Å². The Hall–Kier alpha value is -0.810. The van der Waals surface area contributed by atoms with Crippen molar-refractivity contribution in [3.63, 3.8) is 0 Å². The Balaban J connectivity index is 1.59. The van der Waals surface area contributed by atoms with Gasteiger partial charge in [-0.05, 0) is 79.4 Å². The molecular formula is C25H38F4O2. The Bertz CT molecular complexity index is 710. The highest BCUT2D eigenvalue weighted by Crippen LogP contribution is 2.72. The topological polar surface area (TPSA) is 26.3 Å². The molecular weight excluding hydrogens is 408 g/mol. The molecule has 0 saturated heterocycles. The Kier molecular flexibility index (Phi) is 5.74. The number of carbonyl (C=O) groups is 1. The summed E-state index contributed by atoms with van der Waals surface area (Å²) in [7, 11) is 1.35. The maximum Gasteiger partial charge on any atom is 0.305 e. The lowest BCUT2D eigenvalue weighted by Gasteiger charge is -2.63. The minimum Gasteiger partial charge on any atom is -0.469 e. The molecule has 0 aromatic carbocycles. The van der Waals surface area contributed by atoms with E-state index >= 15 is 8.78 Å². The Morgan fingerprint density at radius 2 is 1.71 bits per heavy atom. The molecule has 178 valence electrons. The zero-order chi connectivity index (χ0) is 22.8.